The average molecular weight is 267 g/mol. The summed E-state index contributed by atoms with van der Waals surface area (Å²) in [7, 11) is 6.24. The maximum Gasteiger partial charge on any atom is 0.319 e. The molecule has 0 aromatic heterocycles. The number of nitrogens with zero attached hydrogens (tertiary/aromatic N) is 3. The predicted molar refractivity (Wildman–Crippen MR) is 78.3 cm³/mol. The van der Waals surface area contributed by atoms with E-state index in [4.69, 9.17) is 0 Å². The summed E-state index contributed by atoms with van der Waals surface area (Å²) in [5, 5.41) is 0. The van der Waals surface area contributed by atoms with E-state index in [0.717, 1.165) is 38.4 Å². The highest BCUT2D eigenvalue weighted by atomic mass is 16.2. The molecule has 110 valence electrons. The molecule has 0 aromatic rings. The number of carbonyl (C=O) groups excluding carboxylic acids is 1. The highest BCUT2D eigenvalue weighted by Crippen LogP contribution is 2.36. The van der Waals surface area contributed by atoms with Gasteiger partial charge < -0.3 is 14.7 Å². The number of carbonyl (C=O) groups is 1. The highest BCUT2D eigenvalue weighted by Gasteiger charge is 2.41. The van der Waals surface area contributed by atoms with Crippen LogP contribution in [0.2, 0.25) is 0 Å². The van der Waals surface area contributed by atoms with Crippen molar-refractivity contribution >= 4 is 6.03 Å². The second-order valence-corrected chi connectivity index (χ2v) is 6.78. The van der Waals surface area contributed by atoms with Gasteiger partial charge in [-0.05, 0) is 52.1 Å². The van der Waals surface area contributed by atoms with E-state index >= 15 is 0 Å². The maximum absolute atomic E-state index is 12.5. The van der Waals surface area contributed by atoms with Crippen molar-refractivity contribution < 1.29 is 4.79 Å². The minimum atomic E-state index is 0.222. The number of hydrogen-bond donors (Lipinski definition) is 0. The first-order chi connectivity index (χ1) is 8.94. The summed E-state index contributed by atoms with van der Waals surface area (Å²) in [4.78, 5) is 18.8. The molecule has 0 radical (unpaired) electrons. The number of amides is 2. The van der Waals surface area contributed by atoms with E-state index in [1.54, 1.807) is 0 Å². The van der Waals surface area contributed by atoms with E-state index in [0.29, 0.717) is 0 Å². The van der Waals surface area contributed by atoms with Gasteiger partial charge in [0.1, 0.15) is 0 Å². The van der Waals surface area contributed by atoms with Crippen molar-refractivity contribution in [2.75, 3.05) is 40.8 Å². The van der Waals surface area contributed by atoms with Crippen molar-refractivity contribution in [1.29, 1.82) is 0 Å². The smallest absolute Gasteiger partial charge is 0.319 e. The molecule has 0 atom stereocenters. The summed E-state index contributed by atoms with van der Waals surface area (Å²) in [5.41, 5.74) is 0.230. The molecule has 2 amide bonds. The molecule has 2 aliphatic rings. The molecular formula is C15H29N3O. The number of piperidine rings is 1. The van der Waals surface area contributed by atoms with Gasteiger partial charge in [0, 0.05) is 32.2 Å². The summed E-state index contributed by atoms with van der Waals surface area (Å²) in [6.07, 6.45) is 6.03. The quantitative estimate of drug-likeness (QED) is 0.784. The van der Waals surface area contributed by atoms with Crippen LogP contribution in [0, 0.1) is 5.92 Å². The molecular weight excluding hydrogens is 238 g/mol. The zero-order valence-electron chi connectivity index (χ0n) is 13.0. The number of urea groups is 1. The van der Waals surface area contributed by atoms with Crippen molar-refractivity contribution in [3.63, 3.8) is 0 Å². The second-order valence-electron chi connectivity index (χ2n) is 6.78. The zero-order valence-corrected chi connectivity index (χ0v) is 13.0. The van der Waals surface area contributed by atoms with Crippen LogP contribution < -0.4 is 0 Å². The number of likely N-dealkylation sites (N-methyl/N-ethyl adjacent to an activating group) is 2. The summed E-state index contributed by atoms with van der Waals surface area (Å²) in [6, 6.07) is 0.222. The van der Waals surface area contributed by atoms with Crippen LogP contribution in [0.25, 0.3) is 0 Å². The molecule has 0 aromatic carbocycles. The fourth-order valence-corrected chi connectivity index (χ4v) is 3.28. The second kappa shape index (κ2) is 5.70. The summed E-state index contributed by atoms with van der Waals surface area (Å²) >= 11 is 0. The van der Waals surface area contributed by atoms with Crippen LogP contribution in [-0.2, 0) is 0 Å². The van der Waals surface area contributed by atoms with Gasteiger partial charge in [-0.1, -0.05) is 6.92 Å². The molecule has 19 heavy (non-hydrogen) atoms. The lowest BCUT2D eigenvalue weighted by molar-refractivity contribution is 0.0302. The van der Waals surface area contributed by atoms with E-state index in [1.807, 2.05) is 16.8 Å². The molecule has 0 unspecified atom stereocenters. The van der Waals surface area contributed by atoms with Crippen molar-refractivity contribution in [1.82, 2.24) is 14.7 Å². The largest absolute Gasteiger partial charge is 0.326 e. The molecule has 1 aliphatic heterocycles. The number of rotatable bonds is 3. The van der Waals surface area contributed by atoms with Crippen molar-refractivity contribution in [2.45, 2.75) is 44.6 Å². The third-order valence-corrected chi connectivity index (χ3v) is 5.15. The first-order valence-corrected chi connectivity index (χ1v) is 7.62. The Kier molecular flexibility index (Phi) is 4.39. The van der Waals surface area contributed by atoms with Crippen molar-refractivity contribution in [3.05, 3.63) is 0 Å². The molecule has 1 aliphatic carbocycles. The first kappa shape index (κ1) is 14.6. The molecule has 2 fully saturated rings. The van der Waals surface area contributed by atoms with Crippen molar-refractivity contribution in [2.24, 2.45) is 5.92 Å². The van der Waals surface area contributed by atoms with Crippen LogP contribution in [0.3, 0.4) is 0 Å². The average Bonchev–Trinajstić information content (AvgIpc) is 2.33. The van der Waals surface area contributed by atoms with Crippen molar-refractivity contribution in [3.8, 4) is 0 Å². The molecule has 0 bridgehead atoms. The summed E-state index contributed by atoms with van der Waals surface area (Å²) < 4.78 is 0. The lowest BCUT2D eigenvalue weighted by Crippen LogP contribution is -2.59. The predicted octanol–water partition coefficient (Wildman–Crippen LogP) is 2.25. The SMILES string of the molecule is CC1CCN(C(=O)N(C)CC2(N(C)C)CCC2)CC1. The number of likely N-dealkylation sites (tertiary alicyclic amines) is 1. The standard InChI is InChI=1S/C15H29N3O/c1-13-6-10-18(11-7-13)14(19)17(4)12-15(16(2)3)8-5-9-15/h13H,5-12H2,1-4H3. The fourth-order valence-electron chi connectivity index (χ4n) is 3.28. The lowest BCUT2D eigenvalue weighted by Gasteiger charge is -2.49. The minimum absolute atomic E-state index is 0.222. The first-order valence-electron chi connectivity index (χ1n) is 7.62. The molecule has 0 N–H and O–H groups in total. The zero-order chi connectivity index (χ0) is 14.0. The Morgan fingerprint density at radius 3 is 2.21 bits per heavy atom. The van der Waals surface area contributed by atoms with Crippen LogP contribution in [0.5, 0.6) is 0 Å². The molecule has 4 nitrogen and oxygen atoms in total. The van der Waals surface area contributed by atoms with Gasteiger partial charge in [0.05, 0.1) is 0 Å². The van der Waals surface area contributed by atoms with Gasteiger partial charge in [0.15, 0.2) is 0 Å². The van der Waals surface area contributed by atoms with Crippen LogP contribution in [0.4, 0.5) is 4.79 Å². The van der Waals surface area contributed by atoms with E-state index in [1.165, 1.54) is 19.3 Å². The maximum atomic E-state index is 12.5. The van der Waals surface area contributed by atoms with Gasteiger partial charge in [-0.25, -0.2) is 4.79 Å². The van der Waals surface area contributed by atoms with E-state index in [2.05, 4.69) is 25.9 Å². The molecule has 4 heteroatoms. The molecule has 1 heterocycles. The van der Waals surface area contributed by atoms with Gasteiger partial charge >= 0.3 is 6.03 Å². The topological polar surface area (TPSA) is 26.8 Å². The fraction of sp³-hybridized carbons (Fsp3) is 0.933. The van der Waals surface area contributed by atoms with Crippen LogP contribution >= 0.6 is 0 Å². The van der Waals surface area contributed by atoms with Gasteiger partial charge in [-0.15, -0.1) is 0 Å². The van der Waals surface area contributed by atoms with Gasteiger partial charge in [-0.3, -0.25) is 0 Å². The Bertz CT molecular complexity index is 317. The van der Waals surface area contributed by atoms with Crippen LogP contribution in [0.1, 0.15) is 39.0 Å². The minimum Gasteiger partial charge on any atom is -0.326 e. The molecule has 1 saturated heterocycles. The molecule has 2 rings (SSSR count). The third-order valence-electron chi connectivity index (χ3n) is 5.15. The summed E-state index contributed by atoms with van der Waals surface area (Å²) in [5.74, 6) is 0.772. The van der Waals surface area contributed by atoms with E-state index < -0.39 is 0 Å². The molecule has 0 spiro atoms. The van der Waals surface area contributed by atoms with Gasteiger partial charge in [0.25, 0.3) is 0 Å². The highest BCUT2D eigenvalue weighted by molar-refractivity contribution is 5.74. The summed E-state index contributed by atoms with van der Waals surface area (Å²) in [6.45, 7) is 5.00. The Balaban J connectivity index is 1.88. The Hall–Kier alpha value is -0.770. The van der Waals surface area contributed by atoms with E-state index in [9.17, 15) is 4.79 Å². The lowest BCUT2D eigenvalue weighted by atomic mass is 9.75. The van der Waals surface area contributed by atoms with E-state index in [-0.39, 0.29) is 11.6 Å². The normalized spacial score (nSPS) is 23.3. The third kappa shape index (κ3) is 3.04. The molecule has 1 saturated carbocycles. The van der Waals surface area contributed by atoms with Gasteiger partial charge in [0.2, 0.25) is 0 Å². The monoisotopic (exact) mass is 267 g/mol. The van der Waals surface area contributed by atoms with Gasteiger partial charge in [-0.2, -0.15) is 0 Å². The van der Waals surface area contributed by atoms with Crippen LogP contribution in [-0.4, -0.2) is 67.0 Å². The Morgan fingerprint density at radius 2 is 1.79 bits per heavy atom. The Morgan fingerprint density at radius 1 is 1.21 bits per heavy atom. The van der Waals surface area contributed by atoms with Crippen LogP contribution in [0.15, 0.2) is 0 Å². The number of hydrogen-bond acceptors (Lipinski definition) is 2. The Labute approximate surface area is 117 Å².